The van der Waals surface area contributed by atoms with Gasteiger partial charge in [0.25, 0.3) is 0 Å². The van der Waals surface area contributed by atoms with E-state index in [-0.39, 0.29) is 18.4 Å². The molecule has 0 saturated heterocycles. The molecule has 36 heavy (non-hydrogen) atoms. The van der Waals surface area contributed by atoms with Crippen LogP contribution in [0.4, 0.5) is 0 Å². The van der Waals surface area contributed by atoms with Crippen molar-refractivity contribution in [3.05, 3.63) is 118 Å². The van der Waals surface area contributed by atoms with Gasteiger partial charge in [-0.2, -0.15) is 0 Å². The van der Waals surface area contributed by atoms with E-state index in [0.717, 1.165) is 43.8 Å². The van der Waals surface area contributed by atoms with Crippen LogP contribution in [0.3, 0.4) is 0 Å². The van der Waals surface area contributed by atoms with Crippen molar-refractivity contribution in [2.75, 3.05) is 0 Å². The smallest absolute Gasteiger partial charge is 0.304 e. The van der Waals surface area contributed by atoms with E-state index in [1.807, 2.05) is 24.3 Å². The number of benzene rings is 3. The first-order valence-electron chi connectivity index (χ1n) is 12.4. The van der Waals surface area contributed by atoms with Crippen molar-refractivity contribution in [1.29, 1.82) is 0 Å². The first-order chi connectivity index (χ1) is 17.6. The minimum absolute atomic E-state index is 0.0203. The topological polar surface area (TPSA) is 75.8 Å². The van der Waals surface area contributed by atoms with Gasteiger partial charge in [0.2, 0.25) is 0 Å². The van der Waals surface area contributed by atoms with Crippen molar-refractivity contribution < 1.29 is 19.2 Å². The number of carbonyl (C=O) groups is 1. The summed E-state index contributed by atoms with van der Waals surface area (Å²) in [4.78, 5) is 13.9. The number of hydrogen-bond acceptors (Lipinski definition) is 5. The van der Waals surface area contributed by atoms with Crippen LogP contribution in [0.25, 0.3) is 0 Å². The fraction of sp³-hybridized carbons (Fsp3) is 0.267. The molecule has 4 aromatic rings. The summed E-state index contributed by atoms with van der Waals surface area (Å²) in [7, 11) is 0. The zero-order chi connectivity index (χ0) is 24.5. The van der Waals surface area contributed by atoms with Gasteiger partial charge in [-0.05, 0) is 58.4 Å². The third kappa shape index (κ3) is 4.52. The molecular weight excluding hydrogens is 452 g/mol. The van der Waals surface area contributed by atoms with Crippen LogP contribution < -0.4 is 4.74 Å². The maximum absolute atomic E-state index is 11.4. The maximum Gasteiger partial charge on any atom is 0.304 e. The summed E-state index contributed by atoms with van der Waals surface area (Å²) in [6, 6.07) is 24.7. The first-order valence-corrected chi connectivity index (χ1v) is 12.4. The molecule has 1 aliphatic heterocycles. The second-order valence-electron chi connectivity index (χ2n) is 9.69. The highest BCUT2D eigenvalue weighted by atomic mass is 16.5. The van der Waals surface area contributed by atoms with E-state index in [0.29, 0.717) is 5.69 Å². The Morgan fingerprint density at radius 1 is 1.03 bits per heavy atom. The van der Waals surface area contributed by atoms with Crippen molar-refractivity contribution in [2.45, 2.75) is 50.9 Å². The van der Waals surface area contributed by atoms with Crippen LogP contribution in [0.1, 0.15) is 63.9 Å². The van der Waals surface area contributed by atoms with Crippen LogP contribution in [0.15, 0.2) is 83.6 Å². The predicted octanol–water partition coefficient (Wildman–Crippen LogP) is 5.86. The number of hydrogen-bond donors (Lipinski definition) is 1. The van der Waals surface area contributed by atoms with E-state index in [1.54, 1.807) is 6.07 Å². The molecule has 6 rings (SSSR count). The molecule has 182 valence electrons. The van der Waals surface area contributed by atoms with Gasteiger partial charge in [0, 0.05) is 31.6 Å². The lowest BCUT2D eigenvalue weighted by molar-refractivity contribution is -0.137. The summed E-state index contributed by atoms with van der Waals surface area (Å²) in [5.41, 5.74) is 8.45. The summed E-state index contributed by atoms with van der Waals surface area (Å²) in [5, 5.41) is 13.3. The zero-order valence-corrected chi connectivity index (χ0v) is 20.0. The molecule has 0 radical (unpaired) electrons. The molecule has 1 aliphatic carbocycles. The minimum atomic E-state index is -0.875. The number of carboxylic acid groups (broad SMARTS) is 1. The Morgan fingerprint density at radius 3 is 2.50 bits per heavy atom. The molecule has 2 atom stereocenters. The van der Waals surface area contributed by atoms with Crippen molar-refractivity contribution in [3.63, 3.8) is 0 Å². The van der Waals surface area contributed by atoms with E-state index in [2.05, 4.69) is 52.5 Å². The molecule has 3 aromatic carbocycles. The Labute approximate surface area is 210 Å². The summed E-state index contributed by atoms with van der Waals surface area (Å²) in [6.07, 6.45) is 3.41. The Hall–Kier alpha value is -3.90. The minimum Gasteiger partial charge on any atom is -0.486 e. The SMILES string of the molecule is O=C(O)C[C@@H](c1ccc(O[C@@H]2CCc3c(CN4Cc5ccccc5C4)cccc32)cc1)c1ccon1. The second kappa shape index (κ2) is 9.63. The van der Waals surface area contributed by atoms with Gasteiger partial charge in [0.15, 0.2) is 0 Å². The number of ether oxygens (including phenoxy) is 1. The average molecular weight is 481 g/mol. The van der Waals surface area contributed by atoms with Gasteiger partial charge in [-0.1, -0.05) is 59.8 Å². The Morgan fingerprint density at radius 2 is 1.81 bits per heavy atom. The number of fused-ring (bicyclic) bond motifs is 2. The molecule has 0 fully saturated rings. The summed E-state index contributed by atoms with van der Waals surface area (Å²) >= 11 is 0. The van der Waals surface area contributed by atoms with E-state index < -0.39 is 5.97 Å². The standard InChI is InChI=1S/C30H28N2O4/c33-30(34)16-27(28-14-15-35-31-28)20-8-10-24(11-9-20)36-29-13-12-25-23(6-3-7-26(25)29)19-32-17-21-4-1-2-5-22(21)18-32/h1-11,14-15,27,29H,12-13,16-19H2,(H,33,34)/t27-,29+/m0/s1. The molecule has 0 saturated carbocycles. The van der Waals surface area contributed by atoms with Crippen molar-refractivity contribution in [2.24, 2.45) is 0 Å². The Balaban J connectivity index is 1.15. The van der Waals surface area contributed by atoms with Crippen LogP contribution in [0, 0.1) is 0 Å². The Kier molecular flexibility index (Phi) is 6.03. The van der Waals surface area contributed by atoms with E-state index in [1.165, 1.54) is 34.1 Å². The van der Waals surface area contributed by atoms with Gasteiger partial charge in [-0.15, -0.1) is 0 Å². The highest BCUT2D eigenvalue weighted by Gasteiger charge is 2.28. The maximum atomic E-state index is 11.4. The van der Waals surface area contributed by atoms with Gasteiger partial charge in [-0.3, -0.25) is 9.69 Å². The fourth-order valence-electron chi connectivity index (χ4n) is 5.63. The second-order valence-corrected chi connectivity index (χ2v) is 9.69. The van der Waals surface area contributed by atoms with Gasteiger partial charge >= 0.3 is 5.97 Å². The highest BCUT2D eigenvalue weighted by molar-refractivity contribution is 5.68. The summed E-state index contributed by atoms with van der Waals surface area (Å²) in [5.74, 6) is -0.451. The number of nitrogens with zero attached hydrogens (tertiary/aromatic N) is 2. The lowest BCUT2D eigenvalue weighted by atomic mass is 9.92. The lowest BCUT2D eigenvalue weighted by Crippen LogP contribution is -2.16. The zero-order valence-electron chi connectivity index (χ0n) is 20.0. The number of aromatic nitrogens is 1. The average Bonchev–Trinajstić information content (AvgIpc) is 3.64. The number of aliphatic carboxylic acids is 1. The summed E-state index contributed by atoms with van der Waals surface area (Å²) < 4.78 is 11.4. The van der Waals surface area contributed by atoms with Crippen LogP contribution >= 0.6 is 0 Å². The Bertz CT molecular complexity index is 1340. The highest BCUT2D eigenvalue weighted by Crippen LogP contribution is 2.38. The van der Waals surface area contributed by atoms with Crippen LogP contribution in [-0.4, -0.2) is 21.1 Å². The monoisotopic (exact) mass is 480 g/mol. The number of rotatable bonds is 8. The van der Waals surface area contributed by atoms with E-state index in [4.69, 9.17) is 9.26 Å². The van der Waals surface area contributed by atoms with Crippen LogP contribution in [0.5, 0.6) is 5.75 Å². The molecule has 6 heteroatoms. The molecular formula is C30H28N2O4. The predicted molar refractivity (Wildman–Crippen MR) is 135 cm³/mol. The van der Waals surface area contributed by atoms with Gasteiger partial charge in [-0.25, -0.2) is 0 Å². The van der Waals surface area contributed by atoms with E-state index in [9.17, 15) is 9.90 Å². The number of carboxylic acids is 1. The van der Waals surface area contributed by atoms with Crippen LogP contribution in [-0.2, 0) is 30.8 Å². The first kappa shape index (κ1) is 22.6. The molecule has 0 unspecified atom stereocenters. The van der Waals surface area contributed by atoms with Gasteiger partial charge in [0.1, 0.15) is 18.1 Å². The molecule has 1 aromatic heterocycles. The molecule has 0 amide bonds. The molecule has 6 nitrogen and oxygen atoms in total. The molecule has 1 N–H and O–H groups in total. The normalized spacial score (nSPS) is 17.5. The quantitative estimate of drug-likeness (QED) is 0.340. The van der Waals surface area contributed by atoms with Crippen LogP contribution in [0.2, 0.25) is 0 Å². The van der Waals surface area contributed by atoms with Gasteiger partial charge < -0.3 is 14.4 Å². The third-order valence-electron chi connectivity index (χ3n) is 7.37. The fourth-order valence-corrected chi connectivity index (χ4v) is 5.63. The van der Waals surface area contributed by atoms with Crippen molar-refractivity contribution in [1.82, 2.24) is 10.1 Å². The van der Waals surface area contributed by atoms with Crippen molar-refractivity contribution in [3.8, 4) is 5.75 Å². The molecule has 2 heterocycles. The van der Waals surface area contributed by atoms with E-state index >= 15 is 0 Å². The van der Waals surface area contributed by atoms with Gasteiger partial charge in [0.05, 0.1) is 12.1 Å². The molecule has 0 bridgehead atoms. The third-order valence-corrected chi connectivity index (χ3v) is 7.37. The lowest BCUT2D eigenvalue weighted by Gasteiger charge is -2.19. The molecule has 0 spiro atoms. The van der Waals surface area contributed by atoms with Crippen molar-refractivity contribution >= 4 is 5.97 Å². The summed E-state index contributed by atoms with van der Waals surface area (Å²) in [6.45, 7) is 2.96. The molecule has 2 aliphatic rings. The largest absolute Gasteiger partial charge is 0.486 e.